The highest BCUT2D eigenvalue weighted by atomic mass is 19.4. The summed E-state index contributed by atoms with van der Waals surface area (Å²) in [6.07, 6.45) is 1.48. The van der Waals surface area contributed by atoms with E-state index in [9.17, 15) is 31.5 Å². The monoisotopic (exact) mass is 713 g/mol. The van der Waals surface area contributed by atoms with Gasteiger partial charge in [-0.1, -0.05) is 48.5 Å². The maximum Gasteiger partial charge on any atom is 0.416 e. The van der Waals surface area contributed by atoms with E-state index in [0.717, 1.165) is 35.0 Å². The first kappa shape index (κ1) is 36.2. The summed E-state index contributed by atoms with van der Waals surface area (Å²) in [4.78, 5) is 38.0. The molecule has 12 heteroatoms. The van der Waals surface area contributed by atoms with Crippen molar-refractivity contribution < 1.29 is 26.7 Å². The predicted octanol–water partition coefficient (Wildman–Crippen LogP) is 8.19. The molecule has 3 aromatic heterocycles. The second-order valence-corrected chi connectivity index (χ2v) is 12.9. The molecule has 0 spiro atoms. The summed E-state index contributed by atoms with van der Waals surface area (Å²) in [5.74, 6) is -2.20. The van der Waals surface area contributed by atoms with Gasteiger partial charge in [-0.25, -0.2) is 18.7 Å². The summed E-state index contributed by atoms with van der Waals surface area (Å²) >= 11 is 0. The summed E-state index contributed by atoms with van der Waals surface area (Å²) in [6.45, 7) is 4.42. The van der Waals surface area contributed by atoms with E-state index in [4.69, 9.17) is 0 Å². The van der Waals surface area contributed by atoms with Gasteiger partial charge < -0.3 is 14.0 Å². The third kappa shape index (κ3) is 8.28. The number of benzene rings is 3. The molecule has 0 aliphatic carbocycles. The topological polar surface area (TPSA) is 73.0 Å². The molecule has 6 aromatic rings. The van der Waals surface area contributed by atoms with Crippen molar-refractivity contribution in [2.45, 2.75) is 58.4 Å². The minimum absolute atomic E-state index is 0.0864. The number of aryl methyl sites for hydroxylation is 2. The van der Waals surface area contributed by atoms with Crippen LogP contribution >= 0.6 is 0 Å². The number of imidazole rings is 1. The highest BCUT2D eigenvalue weighted by molar-refractivity contribution is 5.80. The van der Waals surface area contributed by atoms with Crippen molar-refractivity contribution in [1.29, 1.82) is 0 Å². The van der Waals surface area contributed by atoms with E-state index in [1.165, 1.54) is 36.5 Å². The van der Waals surface area contributed by atoms with E-state index in [0.29, 0.717) is 35.3 Å². The van der Waals surface area contributed by atoms with Crippen LogP contribution in [0.1, 0.15) is 48.0 Å². The number of carbonyl (C=O) groups is 1. The minimum Gasteiger partial charge on any atom is -0.336 e. The molecule has 268 valence electrons. The van der Waals surface area contributed by atoms with Crippen LogP contribution in [0.25, 0.3) is 22.2 Å². The zero-order chi connectivity index (χ0) is 37.0. The van der Waals surface area contributed by atoms with Gasteiger partial charge in [0.05, 0.1) is 23.0 Å². The molecule has 6 rings (SSSR count). The zero-order valence-corrected chi connectivity index (χ0v) is 28.6. The van der Waals surface area contributed by atoms with Crippen molar-refractivity contribution in [3.63, 3.8) is 0 Å². The van der Waals surface area contributed by atoms with Gasteiger partial charge in [-0.15, -0.1) is 0 Å². The fourth-order valence-corrected chi connectivity index (χ4v) is 6.08. The largest absolute Gasteiger partial charge is 0.416 e. The molecule has 0 aliphatic rings. The van der Waals surface area contributed by atoms with Gasteiger partial charge in [0, 0.05) is 49.7 Å². The lowest BCUT2D eigenvalue weighted by Gasteiger charge is -2.25. The lowest BCUT2D eigenvalue weighted by molar-refractivity contribution is -0.137. The van der Waals surface area contributed by atoms with Crippen LogP contribution in [0, 0.1) is 11.6 Å². The lowest BCUT2D eigenvalue weighted by Crippen LogP contribution is -2.36. The second kappa shape index (κ2) is 15.3. The SMILES string of the molecule is CC(C)n1cnc(CCN(Cc2ccc(-c3ccc(C(F)(F)F)cc3)cc2)C(=O)Cn2c(CCc3cccc(F)c3F)cc(=O)c3cccnc32)c1. The van der Waals surface area contributed by atoms with E-state index in [1.54, 1.807) is 40.1 Å². The molecule has 0 unspecified atom stereocenters. The summed E-state index contributed by atoms with van der Waals surface area (Å²) in [5.41, 5.74) is 2.81. The first-order valence-corrected chi connectivity index (χ1v) is 16.8. The fourth-order valence-electron chi connectivity index (χ4n) is 6.08. The van der Waals surface area contributed by atoms with Crippen LogP contribution in [0.5, 0.6) is 0 Å². The Bertz CT molecular complexity index is 2240. The highest BCUT2D eigenvalue weighted by Crippen LogP contribution is 2.31. The van der Waals surface area contributed by atoms with Crippen molar-refractivity contribution in [3.05, 3.63) is 154 Å². The van der Waals surface area contributed by atoms with E-state index < -0.39 is 23.4 Å². The normalized spacial score (nSPS) is 11.8. The van der Waals surface area contributed by atoms with Gasteiger partial charge in [0.25, 0.3) is 0 Å². The summed E-state index contributed by atoms with van der Waals surface area (Å²) in [5, 5.41) is 0.320. The van der Waals surface area contributed by atoms with E-state index in [2.05, 4.69) is 9.97 Å². The standard InChI is InChI=1S/C40H36F5N5O2/c1-26(2)49-23-32(47-25-49)18-20-48(22-27-8-10-28(11-9-27)29-12-15-31(16-13-29)40(43,44)45)37(52)24-50-33(17-14-30-5-3-7-35(41)38(30)42)21-36(51)34-6-4-19-46-39(34)50/h3-13,15-16,19,21,23,25-26H,14,17-18,20,22,24H2,1-2H3. The molecule has 0 bridgehead atoms. The van der Waals surface area contributed by atoms with Crippen LogP contribution in [-0.2, 0) is 43.3 Å². The predicted molar refractivity (Wildman–Crippen MR) is 188 cm³/mol. The Kier molecular flexibility index (Phi) is 10.6. The van der Waals surface area contributed by atoms with Crippen molar-refractivity contribution in [2.24, 2.45) is 0 Å². The average molecular weight is 714 g/mol. The van der Waals surface area contributed by atoms with E-state index in [1.807, 2.05) is 36.7 Å². The molecule has 0 atom stereocenters. The smallest absolute Gasteiger partial charge is 0.336 e. The van der Waals surface area contributed by atoms with Crippen molar-refractivity contribution in [2.75, 3.05) is 6.54 Å². The first-order chi connectivity index (χ1) is 24.9. The molecule has 0 N–H and O–H groups in total. The Balaban J connectivity index is 1.28. The number of rotatable bonds is 12. The van der Waals surface area contributed by atoms with Crippen LogP contribution in [0.2, 0.25) is 0 Å². The molecule has 1 amide bonds. The number of hydrogen-bond donors (Lipinski definition) is 0. The Hall–Kier alpha value is -5.65. The molecule has 0 fully saturated rings. The quantitative estimate of drug-likeness (QED) is 0.120. The third-order valence-electron chi connectivity index (χ3n) is 9.04. The molecule has 3 aromatic carbocycles. The number of carbonyl (C=O) groups excluding carboxylic acids is 1. The molecule has 0 aliphatic heterocycles. The van der Waals surface area contributed by atoms with E-state index >= 15 is 0 Å². The summed E-state index contributed by atoms with van der Waals surface area (Å²) in [6, 6.07) is 21.0. The Labute approximate surface area is 297 Å². The number of halogens is 5. The Morgan fingerprint density at radius 1 is 0.865 bits per heavy atom. The Morgan fingerprint density at radius 3 is 2.25 bits per heavy atom. The second-order valence-electron chi connectivity index (χ2n) is 12.9. The molecular formula is C40H36F5N5O2. The minimum atomic E-state index is -4.43. The van der Waals surface area contributed by atoms with Gasteiger partial charge in [-0.05, 0) is 79.3 Å². The van der Waals surface area contributed by atoms with Gasteiger partial charge in [0.15, 0.2) is 17.1 Å². The summed E-state index contributed by atoms with van der Waals surface area (Å²) in [7, 11) is 0. The number of alkyl halides is 3. The lowest BCUT2D eigenvalue weighted by atomic mass is 10.0. The number of fused-ring (bicyclic) bond motifs is 1. The van der Waals surface area contributed by atoms with Crippen LogP contribution in [0.15, 0.2) is 108 Å². The van der Waals surface area contributed by atoms with Gasteiger partial charge in [-0.2, -0.15) is 13.2 Å². The van der Waals surface area contributed by atoms with Crippen molar-refractivity contribution >= 4 is 16.9 Å². The van der Waals surface area contributed by atoms with Crippen LogP contribution in [0.4, 0.5) is 22.0 Å². The van der Waals surface area contributed by atoms with Crippen LogP contribution < -0.4 is 5.43 Å². The van der Waals surface area contributed by atoms with Gasteiger partial charge in [0.1, 0.15) is 12.2 Å². The summed E-state index contributed by atoms with van der Waals surface area (Å²) < 4.78 is 71.4. The zero-order valence-electron chi connectivity index (χ0n) is 28.6. The van der Waals surface area contributed by atoms with Gasteiger partial charge in [-0.3, -0.25) is 9.59 Å². The fraction of sp³-hybridized carbons (Fsp3) is 0.250. The molecular weight excluding hydrogens is 677 g/mol. The number of hydrogen-bond acceptors (Lipinski definition) is 4. The molecule has 52 heavy (non-hydrogen) atoms. The molecule has 7 nitrogen and oxygen atoms in total. The highest BCUT2D eigenvalue weighted by Gasteiger charge is 2.30. The van der Waals surface area contributed by atoms with Crippen molar-refractivity contribution in [3.8, 4) is 11.1 Å². The molecule has 0 saturated heterocycles. The number of amides is 1. The van der Waals surface area contributed by atoms with Crippen LogP contribution in [-0.4, -0.2) is 36.5 Å². The maximum atomic E-state index is 14.5. The molecule has 0 saturated carbocycles. The molecule has 3 heterocycles. The number of pyridine rings is 2. The van der Waals surface area contributed by atoms with Crippen LogP contribution in [0.3, 0.4) is 0 Å². The van der Waals surface area contributed by atoms with Crippen molar-refractivity contribution in [1.82, 2.24) is 24.0 Å². The van der Waals surface area contributed by atoms with Gasteiger partial charge in [0.2, 0.25) is 5.91 Å². The first-order valence-electron chi connectivity index (χ1n) is 16.8. The Morgan fingerprint density at radius 2 is 1.58 bits per heavy atom. The maximum absolute atomic E-state index is 14.5. The molecule has 0 radical (unpaired) electrons. The number of nitrogens with zero attached hydrogens (tertiary/aromatic N) is 5. The average Bonchev–Trinajstić information content (AvgIpc) is 3.62. The van der Waals surface area contributed by atoms with E-state index in [-0.39, 0.29) is 48.9 Å². The van der Waals surface area contributed by atoms with Gasteiger partial charge >= 0.3 is 6.18 Å². The number of aromatic nitrogens is 4. The third-order valence-corrected chi connectivity index (χ3v) is 9.04.